The molecule has 0 spiro atoms. The van der Waals surface area contributed by atoms with E-state index in [2.05, 4.69) is 48.4 Å². The van der Waals surface area contributed by atoms with Gasteiger partial charge in [-0.05, 0) is 18.3 Å². The lowest BCUT2D eigenvalue weighted by atomic mass is 9.82. The summed E-state index contributed by atoms with van der Waals surface area (Å²) in [4.78, 5) is 8.89. The molecule has 1 rings (SSSR count). The van der Waals surface area contributed by atoms with Crippen LogP contribution in [0.1, 0.15) is 46.0 Å². The second-order valence-electron chi connectivity index (χ2n) is 6.11. The molecule has 19 heavy (non-hydrogen) atoms. The Kier molecular flexibility index (Phi) is 5.11. The number of aryl methyl sites for hydroxylation is 1. The van der Waals surface area contributed by atoms with Crippen molar-refractivity contribution in [2.45, 2.75) is 48.0 Å². The van der Waals surface area contributed by atoms with Crippen LogP contribution in [0.5, 0.6) is 0 Å². The second-order valence-corrected chi connectivity index (χ2v) is 6.11. The minimum Gasteiger partial charge on any atom is -0.369 e. The van der Waals surface area contributed by atoms with E-state index in [0.717, 1.165) is 30.2 Å². The number of hydrogen-bond donors (Lipinski definition) is 3. The van der Waals surface area contributed by atoms with Crippen LogP contribution in [-0.4, -0.2) is 16.5 Å². The van der Waals surface area contributed by atoms with E-state index in [0.29, 0.717) is 11.7 Å². The van der Waals surface area contributed by atoms with Gasteiger partial charge in [0.2, 0.25) is 0 Å². The molecule has 0 saturated heterocycles. The number of hydrogen-bond acceptors (Lipinski definition) is 5. The van der Waals surface area contributed by atoms with Crippen molar-refractivity contribution in [2.24, 2.45) is 17.2 Å². The maximum absolute atomic E-state index is 5.50. The van der Waals surface area contributed by atoms with E-state index in [-0.39, 0.29) is 5.41 Å². The summed E-state index contributed by atoms with van der Waals surface area (Å²) in [5.74, 6) is 8.40. The lowest BCUT2D eigenvalue weighted by Gasteiger charge is -2.28. The van der Waals surface area contributed by atoms with Crippen molar-refractivity contribution in [3.63, 3.8) is 0 Å². The number of nitrogens with zero attached hydrogens (tertiary/aromatic N) is 2. The Morgan fingerprint density at radius 1 is 1.21 bits per heavy atom. The van der Waals surface area contributed by atoms with Gasteiger partial charge in [-0.2, -0.15) is 0 Å². The topological polar surface area (TPSA) is 75.9 Å². The largest absolute Gasteiger partial charge is 0.369 e. The SMILES string of the molecule is CCc1nc(NN)c(C)c(NCC(C)C(C)(C)C)n1. The molecule has 4 N–H and O–H groups in total. The van der Waals surface area contributed by atoms with E-state index >= 15 is 0 Å². The molecule has 0 bridgehead atoms. The average molecular weight is 265 g/mol. The predicted octanol–water partition coefficient (Wildman–Crippen LogP) is 2.73. The van der Waals surface area contributed by atoms with Crippen LogP contribution < -0.4 is 16.6 Å². The molecule has 0 saturated carbocycles. The van der Waals surface area contributed by atoms with Crippen LogP contribution in [0.3, 0.4) is 0 Å². The smallest absolute Gasteiger partial charge is 0.148 e. The molecule has 108 valence electrons. The van der Waals surface area contributed by atoms with Crippen molar-refractivity contribution >= 4 is 11.6 Å². The molecular formula is C14H27N5. The van der Waals surface area contributed by atoms with Crippen molar-refractivity contribution < 1.29 is 0 Å². The van der Waals surface area contributed by atoms with Crippen molar-refractivity contribution in [3.05, 3.63) is 11.4 Å². The van der Waals surface area contributed by atoms with Gasteiger partial charge in [0.05, 0.1) is 0 Å². The van der Waals surface area contributed by atoms with Gasteiger partial charge in [0.25, 0.3) is 0 Å². The van der Waals surface area contributed by atoms with E-state index in [1.165, 1.54) is 0 Å². The standard InChI is InChI=1S/C14H27N5/c1-7-11-17-12(10(3)13(18-11)19-15)16-8-9(2)14(4,5)6/h9H,7-8,15H2,1-6H3,(H2,16,17,18,19). The van der Waals surface area contributed by atoms with Gasteiger partial charge in [0.1, 0.15) is 17.5 Å². The summed E-state index contributed by atoms with van der Waals surface area (Å²) in [6, 6.07) is 0. The highest BCUT2D eigenvalue weighted by Crippen LogP contribution is 2.26. The molecule has 1 unspecified atom stereocenters. The van der Waals surface area contributed by atoms with Gasteiger partial charge in [0, 0.05) is 18.5 Å². The van der Waals surface area contributed by atoms with E-state index in [9.17, 15) is 0 Å². The minimum absolute atomic E-state index is 0.274. The summed E-state index contributed by atoms with van der Waals surface area (Å²) in [6.45, 7) is 13.9. The molecule has 0 aromatic carbocycles. The quantitative estimate of drug-likeness (QED) is 0.564. The van der Waals surface area contributed by atoms with Crippen molar-refractivity contribution in [2.75, 3.05) is 17.3 Å². The molecule has 0 radical (unpaired) electrons. The average Bonchev–Trinajstić information content (AvgIpc) is 2.36. The Balaban J connectivity index is 2.89. The predicted molar refractivity (Wildman–Crippen MR) is 81.1 cm³/mol. The molecular weight excluding hydrogens is 238 g/mol. The van der Waals surface area contributed by atoms with Crippen LogP contribution in [-0.2, 0) is 6.42 Å². The molecule has 0 amide bonds. The van der Waals surface area contributed by atoms with Gasteiger partial charge in [-0.1, -0.05) is 34.6 Å². The first-order chi connectivity index (χ1) is 8.79. The highest BCUT2D eigenvalue weighted by molar-refractivity contribution is 5.56. The molecule has 0 fully saturated rings. The Labute approximate surface area is 116 Å². The number of rotatable bonds is 5. The molecule has 1 aromatic heterocycles. The van der Waals surface area contributed by atoms with E-state index < -0.39 is 0 Å². The summed E-state index contributed by atoms with van der Waals surface area (Å²) in [6.07, 6.45) is 0.790. The van der Waals surface area contributed by atoms with Crippen molar-refractivity contribution in [1.29, 1.82) is 0 Å². The van der Waals surface area contributed by atoms with Crippen LogP contribution in [0.2, 0.25) is 0 Å². The van der Waals surface area contributed by atoms with E-state index in [1.54, 1.807) is 0 Å². The summed E-state index contributed by atoms with van der Waals surface area (Å²) < 4.78 is 0. The molecule has 0 aliphatic heterocycles. The Morgan fingerprint density at radius 2 is 1.79 bits per heavy atom. The van der Waals surface area contributed by atoms with E-state index in [1.807, 2.05) is 13.8 Å². The molecule has 0 aliphatic rings. The number of nitrogen functional groups attached to an aromatic ring is 1. The maximum atomic E-state index is 5.50. The lowest BCUT2D eigenvalue weighted by molar-refractivity contribution is 0.274. The first-order valence-corrected chi connectivity index (χ1v) is 6.87. The van der Waals surface area contributed by atoms with Gasteiger partial charge in [-0.25, -0.2) is 15.8 Å². The van der Waals surface area contributed by atoms with Gasteiger partial charge in [-0.3, -0.25) is 0 Å². The van der Waals surface area contributed by atoms with Crippen molar-refractivity contribution in [3.8, 4) is 0 Å². The zero-order valence-corrected chi connectivity index (χ0v) is 13.0. The summed E-state index contributed by atoms with van der Waals surface area (Å²) in [5.41, 5.74) is 3.87. The third kappa shape index (κ3) is 4.06. The summed E-state index contributed by atoms with van der Waals surface area (Å²) in [5, 5.41) is 3.42. The molecule has 1 atom stereocenters. The van der Waals surface area contributed by atoms with E-state index in [4.69, 9.17) is 5.84 Å². The number of nitrogens with two attached hydrogens (primary N) is 1. The van der Waals surface area contributed by atoms with Gasteiger partial charge >= 0.3 is 0 Å². The Hall–Kier alpha value is -1.36. The third-order valence-electron chi connectivity index (χ3n) is 3.70. The first-order valence-electron chi connectivity index (χ1n) is 6.87. The van der Waals surface area contributed by atoms with Gasteiger partial charge < -0.3 is 10.7 Å². The number of hydrazine groups is 1. The fraction of sp³-hybridized carbons (Fsp3) is 0.714. The fourth-order valence-corrected chi connectivity index (χ4v) is 1.59. The number of nitrogens with one attached hydrogen (secondary N) is 2. The highest BCUT2D eigenvalue weighted by Gasteiger charge is 2.20. The molecule has 5 nitrogen and oxygen atoms in total. The third-order valence-corrected chi connectivity index (χ3v) is 3.70. The van der Waals surface area contributed by atoms with Crippen LogP contribution in [0, 0.1) is 18.3 Å². The zero-order chi connectivity index (χ0) is 14.6. The molecule has 5 heteroatoms. The lowest BCUT2D eigenvalue weighted by Crippen LogP contribution is -2.25. The fourth-order valence-electron chi connectivity index (χ4n) is 1.59. The maximum Gasteiger partial charge on any atom is 0.148 e. The molecule has 1 heterocycles. The monoisotopic (exact) mass is 265 g/mol. The van der Waals surface area contributed by atoms with Gasteiger partial charge in [0.15, 0.2) is 0 Å². The zero-order valence-electron chi connectivity index (χ0n) is 13.0. The molecule has 0 aliphatic carbocycles. The number of anilines is 2. The Morgan fingerprint density at radius 3 is 2.26 bits per heavy atom. The van der Waals surface area contributed by atoms with Crippen LogP contribution in [0.25, 0.3) is 0 Å². The van der Waals surface area contributed by atoms with Crippen LogP contribution in [0.15, 0.2) is 0 Å². The van der Waals surface area contributed by atoms with Crippen LogP contribution >= 0.6 is 0 Å². The minimum atomic E-state index is 0.274. The highest BCUT2D eigenvalue weighted by atomic mass is 15.3. The summed E-state index contributed by atoms with van der Waals surface area (Å²) in [7, 11) is 0. The van der Waals surface area contributed by atoms with Crippen LogP contribution in [0.4, 0.5) is 11.6 Å². The molecule has 1 aromatic rings. The second kappa shape index (κ2) is 6.19. The normalized spacial score (nSPS) is 13.2. The first kappa shape index (κ1) is 15.7. The summed E-state index contributed by atoms with van der Waals surface area (Å²) >= 11 is 0. The number of aromatic nitrogens is 2. The Bertz CT molecular complexity index is 423. The van der Waals surface area contributed by atoms with Gasteiger partial charge in [-0.15, -0.1) is 0 Å². The van der Waals surface area contributed by atoms with Crippen molar-refractivity contribution in [1.82, 2.24) is 9.97 Å².